The number of rotatable bonds is 0. The van der Waals surface area contributed by atoms with Crippen LogP contribution in [0.5, 0.6) is 0 Å². The van der Waals surface area contributed by atoms with Crippen LogP contribution in [0.4, 0.5) is 0 Å². The number of hydrogen-bond acceptors (Lipinski definition) is 0. The van der Waals surface area contributed by atoms with Gasteiger partial charge in [-0.25, -0.2) is 24.3 Å². The second-order valence-corrected chi connectivity index (χ2v) is 18.1. The number of allylic oxidation sites excluding steroid dienone is 8. The van der Waals surface area contributed by atoms with Crippen LogP contribution in [0.15, 0.2) is 36.5 Å². The zero-order chi connectivity index (χ0) is 12.9. The van der Waals surface area contributed by atoms with E-state index in [1.54, 1.807) is 3.21 Å². The molecule has 0 atom stereocenters. The van der Waals surface area contributed by atoms with Crippen LogP contribution >= 0.6 is 0 Å². The Labute approximate surface area is 121 Å². The minimum absolute atomic E-state index is 0. The van der Waals surface area contributed by atoms with Gasteiger partial charge in [0.05, 0.1) is 0 Å². The minimum atomic E-state index is 0. The molecule has 0 aromatic carbocycles. The normalized spacial score (nSPS) is 13.4. The van der Waals surface area contributed by atoms with Gasteiger partial charge in [0.1, 0.15) is 0 Å². The molecule has 2 aliphatic carbocycles. The first kappa shape index (κ1) is 16.9. The summed E-state index contributed by atoms with van der Waals surface area (Å²) in [6, 6.07) is 0. The van der Waals surface area contributed by atoms with Gasteiger partial charge in [0.25, 0.3) is 0 Å². The van der Waals surface area contributed by atoms with Crippen LogP contribution in [-0.4, -0.2) is 8.64 Å². The molecule has 0 radical (unpaired) electrons. The van der Waals surface area contributed by atoms with Crippen molar-refractivity contribution in [3.8, 4) is 0 Å². The third kappa shape index (κ3) is 15.9. The van der Waals surface area contributed by atoms with Gasteiger partial charge < -0.3 is 2.85 Å². The van der Waals surface area contributed by atoms with Crippen molar-refractivity contribution >= 4 is 8.64 Å². The molecule has 17 heavy (non-hydrogen) atoms. The summed E-state index contributed by atoms with van der Waals surface area (Å²) in [6.45, 7) is 9.40. The summed E-state index contributed by atoms with van der Waals surface area (Å²) in [5.41, 5.74) is 0.199. The van der Waals surface area contributed by atoms with Crippen molar-refractivity contribution in [3.63, 3.8) is 0 Å². The summed E-state index contributed by atoms with van der Waals surface area (Å²) < 4.78 is 1.75. The van der Waals surface area contributed by atoms with E-state index in [1.807, 2.05) is 24.3 Å². The van der Waals surface area contributed by atoms with Gasteiger partial charge in [0, 0.05) is 0 Å². The Hall–Kier alpha value is -0.0700. The Morgan fingerprint density at radius 1 is 1.06 bits per heavy atom. The Morgan fingerprint density at radius 2 is 1.53 bits per heavy atom. The molecular weight excluding hydrogens is 299 g/mol. The molecule has 0 saturated heterocycles. The fourth-order valence-electron chi connectivity index (χ4n) is 1.18. The van der Waals surface area contributed by atoms with Gasteiger partial charge in [-0.15, -0.1) is 12.8 Å². The van der Waals surface area contributed by atoms with Crippen molar-refractivity contribution < 1.29 is 24.2 Å². The summed E-state index contributed by atoms with van der Waals surface area (Å²) in [4.78, 5) is 0. The molecule has 0 amide bonds. The Morgan fingerprint density at radius 3 is 1.59 bits per heavy atom. The summed E-state index contributed by atoms with van der Waals surface area (Å²) in [5.74, 6) is 0. The van der Waals surface area contributed by atoms with E-state index in [9.17, 15) is 0 Å². The quantitative estimate of drug-likeness (QED) is 0.459. The Bertz CT molecular complexity index is 325. The third-order valence-corrected chi connectivity index (χ3v) is 10.0. The first-order chi connectivity index (χ1) is 8.13. The largest absolute Gasteiger partial charge is 1.00 e. The average molecular weight is 324 g/mol. The predicted molar refractivity (Wildman–Crippen MR) is 79.2 cm³/mol. The molecule has 0 aromatic rings. The SMILES string of the molecule is C[C](C)=[Zr]=[Si](C)C.[C-]1=CC=CC1.[C-]1=CC=CC1.[H-].[H-]. The van der Waals surface area contributed by atoms with Gasteiger partial charge in [-0.1, -0.05) is 0 Å². The summed E-state index contributed by atoms with van der Waals surface area (Å²) in [7, 11) is 0. The maximum atomic E-state index is 2.99. The van der Waals surface area contributed by atoms with Gasteiger partial charge in [-0.2, -0.15) is 12.2 Å². The summed E-state index contributed by atoms with van der Waals surface area (Å²) in [5, 5.41) is 0. The van der Waals surface area contributed by atoms with E-state index in [-0.39, 0.29) is 29.7 Å². The van der Waals surface area contributed by atoms with E-state index < -0.39 is 0 Å². The van der Waals surface area contributed by atoms with Crippen molar-refractivity contribution in [3.05, 3.63) is 48.6 Å². The van der Waals surface area contributed by atoms with Crippen molar-refractivity contribution in [2.75, 3.05) is 0 Å². The molecule has 0 fully saturated rings. The second kappa shape index (κ2) is 12.4. The molecule has 0 aromatic heterocycles. The molecule has 0 nitrogen and oxygen atoms in total. The van der Waals surface area contributed by atoms with Crippen molar-refractivity contribution in [1.82, 2.24) is 0 Å². The first-order valence-electron chi connectivity index (χ1n) is 5.93. The molecule has 0 bridgehead atoms. The average Bonchev–Trinajstić information content (AvgIpc) is 2.96. The van der Waals surface area contributed by atoms with Crippen molar-refractivity contribution in [1.29, 1.82) is 0 Å². The van der Waals surface area contributed by atoms with Gasteiger partial charge in [-0.05, 0) is 0 Å². The third-order valence-electron chi connectivity index (χ3n) is 1.67. The van der Waals surface area contributed by atoms with Crippen LogP contribution in [-0.2, 0) is 21.4 Å². The van der Waals surface area contributed by atoms with E-state index in [0.717, 1.165) is 12.8 Å². The predicted octanol–water partition coefficient (Wildman–Crippen LogP) is 4.37. The molecule has 0 heterocycles. The molecule has 2 heteroatoms. The first-order valence-corrected chi connectivity index (χ1v) is 13.4. The molecule has 0 N–H and O–H groups in total. The van der Waals surface area contributed by atoms with E-state index in [4.69, 9.17) is 0 Å². The van der Waals surface area contributed by atoms with Crippen LogP contribution in [0, 0.1) is 12.2 Å². The standard InChI is InChI=1S/2C5H5.C3H6.C2H6Si.Zr.2H/c2*1-2-4-5-3-1;2*1-3-2;;;/h2*1-3H,4H2;2*1-2H3;;;/q2*-1;;;;2*-1. The molecule has 0 aliphatic heterocycles. The van der Waals surface area contributed by atoms with E-state index in [2.05, 4.69) is 51.2 Å². The molecule has 0 saturated carbocycles. The van der Waals surface area contributed by atoms with Crippen molar-refractivity contribution in [2.24, 2.45) is 0 Å². The Balaban J connectivity index is -0.000000194. The van der Waals surface area contributed by atoms with Crippen LogP contribution in [0.3, 0.4) is 0 Å². The minimum Gasteiger partial charge on any atom is -1.00 e. The molecule has 2 aliphatic rings. The Kier molecular flexibility index (Phi) is 12.3. The summed E-state index contributed by atoms with van der Waals surface area (Å²) in [6.07, 6.45) is 20.0. The molecule has 2 rings (SSSR count). The topological polar surface area (TPSA) is 0 Å². The van der Waals surface area contributed by atoms with Crippen LogP contribution in [0.25, 0.3) is 0 Å². The molecule has 0 spiro atoms. The monoisotopic (exact) mass is 322 g/mol. The molecule has 0 unspecified atom stereocenters. The molecule has 96 valence electrons. The fourth-order valence-corrected chi connectivity index (χ4v) is 9.55. The second-order valence-electron chi connectivity index (χ2n) is 4.13. The van der Waals surface area contributed by atoms with Crippen LogP contribution < -0.4 is 0 Å². The van der Waals surface area contributed by atoms with E-state index in [1.165, 1.54) is 0 Å². The van der Waals surface area contributed by atoms with Gasteiger partial charge >= 0.3 is 56.9 Å². The summed E-state index contributed by atoms with van der Waals surface area (Å²) >= 11 is 0.0574. The van der Waals surface area contributed by atoms with Gasteiger partial charge in [0.15, 0.2) is 0 Å². The maximum absolute atomic E-state index is 2.99. The van der Waals surface area contributed by atoms with Gasteiger partial charge in [0.2, 0.25) is 0 Å². The maximum Gasteiger partial charge on any atom is -0.109 e. The zero-order valence-corrected chi connectivity index (χ0v) is 14.8. The van der Waals surface area contributed by atoms with Gasteiger partial charge in [-0.3, -0.25) is 12.2 Å². The van der Waals surface area contributed by atoms with Crippen molar-refractivity contribution in [2.45, 2.75) is 39.8 Å². The molecular formula is C15H24SiZr-4. The van der Waals surface area contributed by atoms with E-state index in [0.29, 0.717) is 0 Å². The smallest absolute Gasteiger partial charge is 0.109 e. The van der Waals surface area contributed by atoms with Crippen LogP contribution in [0.2, 0.25) is 13.1 Å². The number of hydrogen-bond donors (Lipinski definition) is 0. The zero-order valence-electron chi connectivity index (χ0n) is 13.4. The fraction of sp³-hybridized carbons (Fsp3) is 0.400. The van der Waals surface area contributed by atoms with Crippen LogP contribution in [0.1, 0.15) is 29.5 Å². The van der Waals surface area contributed by atoms with E-state index >= 15 is 0 Å².